The van der Waals surface area contributed by atoms with E-state index in [1.807, 2.05) is 43.3 Å². The van der Waals surface area contributed by atoms with E-state index in [1.54, 1.807) is 6.07 Å². The number of amides is 1. The summed E-state index contributed by atoms with van der Waals surface area (Å²) in [6.07, 6.45) is 1.10. The highest BCUT2D eigenvalue weighted by Gasteiger charge is 2.06. The van der Waals surface area contributed by atoms with Crippen LogP contribution in [0.1, 0.15) is 37.3 Å². The van der Waals surface area contributed by atoms with Gasteiger partial charge in [-0.25, -0.2) is 0 Å². The molecule has 3 nitrogen and oxygen atoms in total. The predicted molar refractivity (Wildman–Crippen MR) is 95.5 cm³/mol. The van der Waals surface area contributed by atoms with Crippen molar-refractivity contribution in [3.63, 3.8) is 0 Å². The van der Waals surface area contributed by atoms with Gasteiger partial charge in [-0.2, -0.15) is 0 Å². The number of aryl methyl sites for hydroxylation is 1. The van der Waals surface area contributed by atoms with Crippen molar-refractivity contribution in [2.45, 2.75) is 33.1 Å². The van der Waals surface area contributed by atoms with Gasteiger partial charge < -0.3 is 10.1 Å². The van der Waals surface area contributed by atoms with Gasteiger partial charge in [-0.1, -0.05) is 43.6 Å². The molecule has 0 radical (unpaired) electrons. The average Bonchev–Trinajstić information content (AvgIpc) is 2.56. The minimum atomic E-state index is -0.212. The van der Waals surface area contributed by atoms with Crippen LogP contribution in [0, 0.1) is 6.92 Å². The summed E-state index contributed by atoms with van der Waals surface area (Å²) < 4.78 is 5.52. The van der Waals surface area contributed by atoms with Crippen LogP contribution in [0.5, 0.6) is 5.75 Å². The van der Waals surface area contributed by atoms with Crippen LogP contribution in [-0.2, 0) is 4.79 Å². The third-order valence-electron chi connectivity index (χ3n) is 3.89. The van der Waals surface area contributed by atoms with E-state index in [4.69, 9.17) is 16.3 Å². The molecule has 1 amide bonds. The van der Waals surface area contributed by atoms with Crippen molar-refractivity contribution >= 4 is 23.2 Å². The molecule has 0 saturated carbocycles. The molecule has 0 saturated heterocycles. The molecule has 0 aliphatic rings. The van der Waals surface area contributed by atoms with Crippen molar-refractivity contribution in [3.05, 3.63) is 58.6 Å². The molecule has 1 atom stereocenters. The Balaban J connectivity index is 1.87. The van der Waals surface area contributed by atoms with Crippen molar-refractivity contribution in [2.75, 3.05) is 11.9 Å². The van der Waals surface area contributed by atoms with Gasteiger partial charge in [0.15, 0.2) is 6.61 Å². The second-order valence-corrected chi connectivity index (χ2v) is 6.09. The molecule has 0 aliphatic carbocycles. The molecule has 2 rings (SSSR count). The summed E-state index contributed by atoms with van der Waals surface area (Å²) in [6.45, 7) is 6.24. The smallest absolute Gasteiger partial charge is 0.262 e. The van der Waals surface area contributed by atoms with Crippen molar-refractivity contribution in [1.82, 2.24) is 0 Å². The molecule has 0 aromatic heterocycles. The molecule has 1 unspecified atom stereocenters. The Hall–Kier alpha value is -2.00. The molecule has 2 aromatic carbocycles. The normalized spacial score (nSPS) is 11.8. The van der Waals surface area contributed by atoms with Gasteiger partial charge in [0.25, 0.3) is 5.91 Å². The Morgan fingerprint density at radius 1 is 1.22 bits per heavy atom. The minimum absolute atomic E-state index is 0.0336. The highest BCUT2D eigenvalue weighted by molar-refractivity contribution is 6.31. The highest BCUT2D eigenvalue weighted by Crippen LogP contribution is 2.22. The van der Waals surface area contributed by atoms with Gasteiger partial charge in [0.2, 0.25) is 0 Å². The Morgan fingerprint density at radius 3 is 2.52 bits per heavy atom. The Morgan fingerprint density at radius 2 is 1.91 bits per heavy atom. The maximum Gasteiger partial charge on any atom is 0.262 e. The molecular weight excluding hydrogens is 310 g/mol. The maximum absolute atomic E-state index is 11.9. The number of ether oxygens (including phenoxy) is 1. The Labute approximate surface area is 142 Å². The van der Waals surface area contributed by atoms with E-state index in [9.17, 15) is 4.79 Å². The standard InChI is InChI=1S/C19H22ClNO2/c1-4-13(2)15-6-9-17(10-7-15)23-12-19(22)21-16-8-5-14(3)18(20)11-16/h5-11,13H,4,12H2,1-3H3,(H,21,22). The number of hydrogen-bond donors (Lipinski definition) is 1. The molecule has 4 heteroatoms. The van der Waals surface area contributed by atoms with Crippen LogP contribution in [0.15, 0.2) is 42.5 Å². The lowest BCUT2D eigenvalue weighted by Crippen LogP contribution is -2.20. The van der Waals surface area contributed by atoms with Crippen LogP contribution in [0.25, 0.3) is 0 Å². The molecule has 0 bridgehead atoms. The van der Waals surface area contributed by atoms with E-state index in [0.29, 0.717) is 22.4 Å². The molecular formula is C19H22ClNO2. The first kappa shape index (κ1) is 17.4. The molecule has 0 aliphatic heterocycles. The van der Waals surface area contributed by atoms with E-state index in [1.165, 1.54) is 5.56 Å². The number of carbonyl (C=O) groups excluding carboxylic acids is 1. The summed E-state index contributed by atoms with van der Waals surface area (Å²) in [7, 11) is 0. The lowest BCUT2D eigenvalue weighted by atomic mass is 9.99. The van der Waals surface area contributed by atoms with E-state index in [0.717, 1.165) is 12.0 Å². The lowest BCUT2D eigenvalue weighted by Gasteiger charge is -2.11. The van der Waals surface area contributed by atoms with Gasteiger partial charge in [-0.15, -0.1) is 0 Å². The van der Waals surface area contributed by atoms with E-state index >= 15 is 0 Å². The van der Waals surface area contributed by atoms with E-state index in [-0.39, 0.29) is 12.5 Å². The lowest BCUT2D eigenvalue weighted by molar-refractivity contribution is -0.118. The third-order valence-corrected chi connectivity index (χ3v) is 4.29. The second-order valence-electron chi connectivity index (χ2n) is 5.68. The number of halogens is 1. The van der Waals surface area contributed by atoms with Crippen molar-refractivity contribution in [1.29, 1.82) is 0 Å². The van der Waals surface area contributed by atoms with Crippen LogP contribution in [0.3, 0.4) is 0 Å². The van der Waals surface area contributed by atoms with Crippen molar-refractivity contribution in [3.8, 4) is 5.75 Å². The zero-order valence-electron chi connectivity index (χ0n) is 13.7. The molecule has 0 heterocycles. The van der Waals surface area contributed by atoms with Gasteiger partial charge in [-0.05, 0) is 54.7 Å². The summed E-state index contributed by atoms with van der Waals surface area (Å²) in [6, 6.07) is 13.3. The molecule has 1 N–H and O–H groups in total. The molecule has 0 fully saturated rings. The summed E-state index contributed by atoms with van der Waals surface area (Å²) >= 11 is 6.04. The van der Waals surface area contributed by atoms with Crippen LogP contribution in [0.2, 0.25) is 5.02 Å². The first-order chi connectivity index (χ1) is 11.0. The van der Waals surface area contributed by atoms with Gasteiger partial charge in [-0.3, -0.25) is 4.79 Å². The second kappa shape index (κ2) is 8.02. The quantitative estimate of drug-likeness (QED) is 0.792. The van der Waals surface area contributed by atoms with Crippen molar-refractivity contribution < 1.29 is 9.53 Å². The monoisotopic (exact) mass is 331 g/mol. The average molecular weight is 332 g/mol. The first-order valence-electron chi connectivity index (χ1n) is 7.78. The minimum Gasteiger partial charge on any atom is -0.484 e. The number of nitrogens with one attached hydrogen (secondary N) is 1. The Kier molecular flexibility index (Phi) is 6.05. The fourth-order valence-electron chi connectivity index (χ4n) is 2.14. The van der Waals surface area contributed by atoms with Gasteiger partial charge in [0.05, 0.1) is 0 Å². The summed E-state index contributed by atoms with van der Waals surface area (Å²) in [4.78, 5) is 11.9. The number of hydrogen-bond acceptors (Lipinski definition) is 2. The van der Waals surface area contributed by atoms with Crippen molar-refractivity contribution in [2.24, 2.45) is 0 Å². The molecule has 122 valence electrons. The third kappa shape index (κ3) is 5.00. The number of carbonyl (C=O) groups is 1. The maximum atomic E-state index is 11.9. The van der Waals surface area contributed by atoms with E-state index in [2.05, 4.69) is 19.2 Å². The number of benzene rings is 2. The van der Waals surface area contributed by atoms with Gasteiger partial charge in [0.1, 0.15) is 5.75 Å². The van der Waals surface area contributed by atoms with Crippen LogP contribution in [-0.4, -0.2) is 12.5 Å². The molecule has 23 heavy (non-hydrogen) atoms. The fourth-order valence-corrected chi connectivity index (χ4v) is 2.33. The SMILES string of the molecule is CCC(C)c1ccc(OCC(=O)Nc2ccc(C)c(Cl)c2)cc1. The zero-order valence-corrected chi connectivity index (χ0v) is 14.5. The first-order valence-corrected chi connectivity index (χ1v) is 8.16. The Bertz CT molecular complexity index is 668. The summed E-state index contributed by atoms with van der Waals surface area (Å²) in [5.41, 5.74) is 2.92. The van der Waals surface area contributed by atoms with Crippen LogP contribution < -0.4 is 10.1 Å². The van der Waals surface area contributed by atoms with Gasteiger partial charge >= 0.3 is 0 Å². The van der Waals surface area contributed by atoms with Gasteiger partial charge in [0, 0.05) is 10.7 Å². The van der Waals surface area contributed by atoms with Crippen LogP contribution >= 0.6 is 11.6 Å². The summed E-state index contributed by atoms with van der Waals surface area (Å²) in [5.74, 6) is 1.00. The number of anilines is 1. The highest BCUT2D eigenvalue weighted by atomic mass is 35.5. The number of rotatable bonds is 6. The molecule has 0 spiro atoms. The topological polar surface area (TPSA) is 38.3 Å². The zero-order chi connectivity index (χ0) is 16.8. The summed E-state index contributed by atoms with van der Waals surface area (Å²) in [5, 5.41) is 3.40. The van der Waals surface area contributed by atoms with E-state index < -0.39 is 0 Å². The largest absolute Gasteiger partial charge is 0.484 e. The molecule has 2 aromatic rings. The van der Waals surface area contributed by atoms with Crippen LogP contribution in [0.4, 0.5) is 5.69 Å². The predicted octanol–water partition coefficient (Wildman–Crippen LogP) is 5.18. The fraction of sp³-hybridized carbons (Fsp3) is 0.316.